The zero-order valence-corrected chi connectivity index (χ0v) is 14.5. The number of amides is 4. The fourth-order valence-electron chi connectivity index (χ4n) is 3.50. The summed E-state index contributed by atoms with van der Waals surface area (Å²) in [6.45, 7) is -0.00135. The largest absolute Gasteiger partial charge is 0.465 e. The molecule has 2 aliphatic rings. The van der Waals surface area contributed by atoms with Gasteiger partial charge in [-0.3, -0.25) is 14.5 Å². The van der Waals surface area contributed by atoms with Gasteiger partial charge in [0.05, 0.1) is 18.4 Å². The van der Waals surface area contributed by atoms with E-state index in [-0.39, 0.29) is 24.4 Å². The average Bonchev–Trinajstić information content (AvgIpc) is 3.19. The quantitative estimate of drug-likeness (QED) is 0.615. The van der Waals surface area contributed by atoms with Gasteiger partial charge >= 0.3 is 12.0 Å². The second kappa shape index (κ2) is 7.15. The molecule has 1 aromatic rings. The highest BCUT2D eigenvalue weighted by Gasteiger charge is 2.52. The number of carbonyl (C=O) groups is 4. The molecule has 0 radical (unpaired) electrons. The Kier molecular flexibility index (Phi) is 4.92. The molecule has 1 spiro atoms. The van der Waals surface area contributed by atoms with Crippen molar-refractivity contribution in [2.75, 3.05) is 19.0 Å². The van der Waals surface area contributed by atoms with Crippen molar-refractivity contribution in [1.29, 1.82) is 0 Å². The third-order valence-electron chi connectivity index (χ3n) is 4.87. The number of benzene rings is 1. The van der Waals surface area contributed by atoms with E-state index in [0.29, 0.717) is 18.5 Å². The Hall–Kier alpha value is -2.90. The fourth-order valence-corrected chi connectivity index (χ4v) is 3.50. The van der Waals surface area contributed by atoms with Gasteiger partial charge in [0.1, 0.15) is 5.54 Å². The molecule has 3 rings (SSSR count). The zero-order valence-electron chi connectivity index (χ0n) is 14.5. The van der Waals surface area contributed by atoms with Gasteiger partial charge in [-0.2, -0.15) is 0 Å². The number of rotatable bonds is 5. The Morgan fingerprint density at radius 2 is 1.92 bits per heavy atom. The lowest BCUT2D eigenvalue weighted by atomic mass is 9.98. The molecule has 8 nitrogen and oxygen atoms in total. The second-order valence-corrected chi connectivity index (χ2v) is 6.51. The number of para-hydroxylation sites is 1. The summed E-state index contributed by atoms with van der Waals surface area (Å²) in [5.74, 6) is -1.20. The smallest absolute Gasteiger partial charge is 0.339 e. The van der Waals surface area contributed by atoms with E-state index >= 15 is 0 Å². The number of anilines is 1. The van der Waals surface area contributed by atoms with Crippen LogP contribution < -0.4 is 10.6 Å². The first kappa shape index (κ1) is 17.9. The van der Waals surface area contributed by atoms with Crippen LogP contribution >= 0.6 is 0 Å². The van der Waals surface area contributed by atoms with Gasteiger partial charge in [-0.25, -0.2) is 9.59 Å². The molecular formula is C18H21N3O5. The molecule has 1 aliphatic carbocycles. The zero-order chi connectivity index (χ0) is 18.7. The molecule has 0 bridgehead atoms. The van der Waals surface area contributed by atoms with Crippen LogP contribution in [-0.4, -0.2) is 47.9 Å². The van der Waals surface area contributed by atoms with Crippen LogP contribution in [-0.2, 0) is 14.3 Å². The van der Waals surface area contributed by atoms with Gasteiger partial charge in [0.2, 0.25) is 5.91 Å². The first-order chi connectivity index (χ1) is 12.5. The van der Waals surface area contributed by atoms with Crippen molar-refractivity contribution in [3.63, 3.8) is 0 Å². The molecular weight excluding hydrogens is 338 g/mol. The first-order valence-electron chi connectivity index (χ1n) is 8.58. The van der Waals surface area contributed by atoms with Gasteiger partial charge < -0.3 is 15.4 Å². The van der Waals surface area contributed by atoms with Gasteiger partial charge in [-0.15, -0.1) is 0 Å². The van der Waals surface area contributed by atoms with Crippen LogP contribution in [0.3, 0.4) is 0 Å². The first-order valence-corrected chi connectivity index (χ1v) is 8.58. The van der Waals surface area contributed by atoms with E-state index in [1.165, 1.54) is 7.11 Å². The molecule has 0 unspecified atom stereocenters. The van der Waals surface area contributed by atoms with Crippen LogP contribution in [0.5, 0.6) is 0 Å². The van der Waals surface area contributed by atoms with Crippen LogP contribution in [0, 0.1) is 0 Å². The van der Waals surface area contributed by atoms with E-state index in [0.717, 1.165) is 17.7 Å². The SMILES string of the molecule is COC(=O)c1ccccc1NC(=O)CCN1C(=O)NC2(CCCC2)C1=O. The molecule has 26 heavy (non-hydrogen) atoms. The number of esters is 1. The van der Waals surface area contributed by atoms with Crippen molar-refractivity contribution >= 4 is 29.5 Å². The highest BCUT2D eigenvalue weighted by molar-refractivity contribution is 6.07. The maximum atomic E-state index is 12.5. The standard InChI is InChI=1S/C18H21N3O5/c1-26-15(23)12-6-2-3-7-13(12)19-14(22)8-11-21-16(24)18(20-17(21)25)9-4-5-10-18/h2-3,6-7H,4-5,8-11H2,1H3,(H,19,22)(H,20,25). The Labute approximate surface area is 150 Å². The summed E-state index contributed by atoms with van der Waals surface area (Å²) in [7, 11) is 1.26. The molecule has 138 valence electrons. The maximum Gasteiger partial charge on any atom is 0.339 e. The van der Waals surface area contributed by atoms with Gasteiger partial charge in [-0.1, -0.05) is 25.0 Å². The number of imide groups is 1. The van der Waals surface area contributed by atoms with E-state index in [1.807, 2.05) is 0 Å². The number of methoxy groups -OCH3 is 1. The number of nitrogens with zero attached hydrogens (tertiary/aromatic N) is 1. The average molecular weight is 359 g/mol. The summed E-state index contributed by atoms with van der Waals surface area (Å²) in [6.07, 6.45) is 3.06. The Balaban J connectivity index is 1.61. The van der Waals surface area contributed by atoms with Crippen molar-refractivity contribution in [1.82, 2.24) is 10.2 Å². The van der Waals surface area contributed by atoms with Crippen molar-refractivity contribution in [3.8, 4) is 0 Å². The normalized spacial score (nSPS) is 18.1. The topological polar surface area (TPSA) is 105 Å². The Morgan fingerprint density at radius 1 is 1.23 bits per heavy atom. The van der Waals surface area contributed by atoms with Crippen molar-refractivity contribution in [2.24, 2.45) is 0 Å². The highest BCUT2D eigenvalue weighted by atomic mass is 16.5. The Bertz CT molecular complexity index is 755. The van der Waals surface area contributed by atoms with Crippen LogP contribution in [0.4, 0.5) is 10.5 Å². The molecule has 1 saturated heterocycles. The van der Waals surface area contributed by atoms with Gasteiger partial charge in [-0.05, 0) is 25.0 Å². The third kappa shape index (κ3) is 3.26. The minimum Gasteiger partial charge on any atom is -0.465 e. The summed E-state index contributed by atoms with van der Waals surface area (Å²) in [4.78, 5) is 49.7. The second-order valence-electron chi connectivity index (χ2n) is 6.51. The number of hydrogen-bond donors (Lipinski definition) is 2. The highest BCUT2D eigenvalue weighted by Crippen LogP contribution is 2.35. The molecule has 1 heterocycles. The van der Waals surface area contributed by atoms with E-state index in [2.05, 4.69) is 15.4 Å². The lowest BCUT2D eigenvalue weighted by molar-refractivity contribution is -0.131. The Morgan fingerprint density at radius 3 is 2.62 bits per heavy atom. The van der Waals surface area contributed by atoms with Crippen LogP contribution in [0.1, 0.15) is 42.5 Å². The van der Waals surface area contributed by atoms with Crippen LogP contribution in [0.2, 0.25) is 0 Å². The van der Waals surface area contributed by atoms with Gasteiger partial charge in [0.15, 0.2) is 0 Å². The maximum absolute atomic E-state index is 12.5. The molecule has 1 saturated carbocycles. The monoisotopic (exact) mass is 359 g/mol. The molecule has 0 atom stereocenters. The molecule has 1 aliphatic heterocycles. The van der Waals surface area contributed by atoms with Crippen molar-refractivity contribution in [2.45, 2.75) is 37.6 Å². The molecule has 0 aromatic heterocycles. The fraction of sp³-hybridized carbons (Fsp3) is 0.444. The van der Waals surface area contributed by atoms with Gasteiger partial charge in [0.25, 0.3) is 5.91 Å². The molecule has 2 N–H and O–H groups in total. The number of urea groups is 1. The third-order valence-corrected chi connectivity index (χ3v) is 4.87. The number of carbonyl (C=O) groups excluding carboxylic acids is 4. The molecule has 8 heteroatoms. The molecule has 1 aromatic carbocycles. The van der Waals surface area contributed by atoms with E-state index in [1.54, 1.807) is 24.3 Å². The molecule has 4 amide bonds. The lowest BCUT2D eigenvalue weighted by Gasteiger charge is -2.20. The van der Waals surface area contributed by atoms with Gasteiger partial charge in [0, 0.05) is 13.0 Å². The minimum atomic E-state index is -0.773. The van der Waals surface area contributed by atoms with E-state index in [9.17, 15) is 19.2 Å². The summed E-state index contributed by atoms with van der Waals surface area (Å²) in [6, 6.07) is 6.04. The van der Waals surface area contributed by atoms with Crippen molar-refractivity contribution in [3.05, 3.63) is 29.8 Å². The predicted molar refractivity (Wildman–Crippen MR) is 92.5 cm³/mol. The van der Waals surface area contributed by atoms with Crippen LogP contribution in [0.25, 0.3) is 0 Å². The van der Waals surface area contributed by atoms with E-state index in [4.69, 9.17) is 0 Å². The number of hydrogen-bond acceptors (Lipinski definition) is 5. The summed E-state index contributed by atoms with van der Waals surface area (Å²) >= 11 is 0. The van der Waals surface area contributed by atoms with Crippen LogP contribution in [0.15, 0.2) is 24.3 Å². The lowest BCUT2D eigenvalue weighted by Crippen LogP contribution is -2.44. The number of nitrogens with one attached hydrogen (secondary N) is 2. The minimum absolute atomic E-state index is 0.00135. The van der Waals surface area contributed by atoms with Crippen molar-refractivity contribution < 1.29 is 23.9 Å². The summed E-state index contributed by atoms with van der Waals surface area (Å²) in [5, 5.41) is 5.41. The molecule has 2 fully saturated rings. The summed E-state index contributed by atoms with van der Waals surface area (Å²) in [5.41, 5.74) is -0.206. The number of ether oxygens (including phenoxy) is 1. The summed E-state index contributed by atoms with van der Waals surface area (Å²) < 4.78 is 4.69. The predicted octanol–water partition coefficient (Wildman–Crippen LogP) is 1.67. The van der Waals surface area contributed by atoms with E-state index < -0.39 is 23.4 Å².